The maximum Gasteiger partial charge on any atom is 0.125 e. The maximum atomic E-state index is 11.1. The molecule has 0 amide bonds. The molecule has 1 N–H and O–H groups in total. The van der Waals surface area contributed by atoms with Crippen molar-refractivity contribution in [3.05, 3.63) is 77.6 Å². The van der Waals surface area contributed by atoms with E-state index >= 15 is 0 Å². The Morgan fingerprint density at radius 2 is 1.88 bits per heavy atom. The Bertz CT molecular complexity index is 963. The monoisotopic (exact) mass is 346 g/mol. The Morgan fingerprint density at radius 3 is 2.62 bits per heavy atom. The van der Waals surface area contributed by atoms with Crippen LogP contribution in [0.1, 0.15) is 22.8 Å². The smallest absolute Gasteiger partial charge is 0.125 e. The zero-order valence-electron chi connectivity index (χ0n) is 14.5. The second-order valence-corrected chi connectivity index (χ2v) is 5.67. The highest BCUT2D eigenvalue weighted by Gasteiger charge is 2.20. The standard InChI is InChI=1S/C21H18N2O3/c1-25-16-6-7-20(26-2)18(11-16)21(24)19-13-23-9-8-17(19)15-5-3-4-14(10-15)12-22/h3-11,13,21,24H,1-2H3. The van der Waals surface area contributed by atoms with Gasteiger partial charge in [0.25, 0.3) is 0 Å². The van der Waals surface area contributed by atoms with Gasteiger partial charge in [0.1, 0.15) is 17.6 Å². The normalized spacial score (nSPS) is 11.5. The lowest BCUT2D eigenvalue weighted by Gasteiger charge is -2.19. The molecule has 5 nitrogen and oxygen atoms in total. The summed E-state index contributed by atoms with van der Waals surface area (Å²) in [5.74, 6) is 1.18. The van der Waals surface area contributed by atoms with Crippen LogP contribution < -0.4 is 9.47 Å². The zero-order chi connectivity index (χ0) is 18.5. The van der Waals surface area contributed by atoms with Gasteiger partial charge in [0.15, 0.2) is 0 Å². The Labute approximate surface area is 152 Å². The highest BCUT2D eigenvalue weighted by atomic mass is 16.5. The summed E-state index contributed by atoms with van der Waals surface area (Å²) in [6.07, 6.45) is 2.32. The molecular formula is C21H18N2O3. The molecule has 0 aliphatic rings. The summed E-state index contributed by atoms with van der Waals surface area (Å²) < 4.78 is 10.7. The lowest BCUT2D eigenvalue weighted by molar-refractivity contribution is 0.214. The lowest BCUT2D eigenvalue weighted by atomic mass is 9.93. The van der Waals surface area contributed by atoms with E-state index in [2.05, 4.69) is 11.1 Å². The highest BCUT2D eigenvalue weighted by Crippen LogP contribution is 2.37. The quantitative estimate of drug-likeness (QED) is 0.762. The van der Waals surface area contributed by atoms with Gasteiger partial charge in [-0.3, -0.25) is 4.98 Å². The van der Waals surface area contributed by atoms with Gasteiger partial charge in [-0.1, -0.05) is 12.1 Å². The van der Waals surface area contributed by atoms with Crippen LogP contribution in [-0.2, 0) is 0 Å². The predicted octanol–water partition coefficient (Wildman–Crippen LogP) is 3.72. The van der Waals surface area contributed by atoms with Gasteiger partial charge in [-0.25, -0.2) is 0 Å². The van der Waals surface area contributed by atoms with Crippen molar-refractivity contribution in [2.24, 2.45) is 0 Å². The summed E-state index contributed by atoms with van der Waals surface area (Å²) in [6.45, 7) is 0. The SMILES string of the molecule is COc1ccc(OC)c(C(O)c2cnccc2-c2cccc(C#N)c2)c1. The van der Waals surface area contributed by atoms with Gasteiger partial charge >= 0.3 is 0 Å². The highest BCUT2D eigenvalue weighted by molar-refractivity contribution is 5.69. The summed E-state index contributed by atoms with van der Waals surface area (Å²) >= 11 is 0. The minimum Gasteiger partial charge on any atom is -0.497 e. The lowest BCUT2D eigenvalue weighted by Crippen LogP contribution is -2.05. The van der Waals surface area contributed by atoms with Crippen LogP contribution in [0.15, 0.2) is 60.9 Å². The average molecular weight is 346 g/mol. The molecule has 0 saturated carbocycles. The maximum absolute atomic E-state index is 11.1. The number of nitriles is 1. The van der Waals surface area contributed by atoms with Crippen molar-refractivity contribution in [3.63, 3.8) is 0 Å². The molecule has 0 radical (unpaired) electrons. The van der Waals surface area contributed by atoms with Crippen LogP contribution in [0.5, 0.6) is 11.5 Å². The third-order valence-corrected chi connectivity index (χ3v) is 4.18. The Morgan fingerprint density at radius 1 is 1.04 bits per heavy atom. The van der Waals surface area contributed by atoms with E-state index < -0.39 is 6.10 Å². The fourth-order valence-corrected chi connectivity index (χ4v) is 2.86. The van der Waals surface area contributed by atoms with E-state index in [4.69, 9.17) is 14.7 Å². The van der Waals surface area contributed by atoms with Crippen molar-refractivity contribution in [2.45, 2.75) is 6.10 Å². The molecule has 1 atom stereocenters. The molecule has 0 saturated heterocycles. The number of hydrogen-bond donors (Lipinski definition) is 1. The Kier molecular flexibility index (Phi) is 5.16. The third-order valence-electron chi connectivity index (χ3n) is 4.18. The first-order valence-corrected chi connectivity index (χ1v) is 8.02. The van der Waals surface area contributed by atoms with Crippen LogP contribution in [0.2, 0.25) is 0 Å². The molecule has 1 aromatic heterocycles. The Hall–Kier alpha value is -3.36. The van der Waals surface area contributed by atoms with Gasteiger partial charge in [-0.05, 0) is 47.5 Å². The van der Waals surface area contributed by atoms with Gasteiger partial charge in [0.2, 0.25) is 0 Å². The average Bonchev–Trinajstić information content (AvgIpc) is 2.72. The number of benzene rings is 2. The molecule has 1 heterocycles. The third kappa shape index (κ3) is 3.37. The van der Waals surface area contributed by atoms with Crippen molar-refractivity contribution < 1.29 is 14.6 Å². The number of nitrogens with zero attached hydrogens (tertiary/aromatic N) is 2. The summed E-state index contributed by atoms with van der Waals surface area (Å²) in [4.78, 5) is 4.16. The van der Waals surface area contributed by atoms with E-state index in [1.165, 1.54) is 0 Å². The molecule has 0 bridgehead atoms. The number of pyridine rings is 1. The van der Waals surface area contributed by atoms with Crippen molar-refractivity contribution in [2.75, 3.05) is 14.2 Å². The van der Waals surface area contributed by atoms with Gasteiger partial charge < -0.3 is 14.6 Å². The van der Waals surface area contributed by atoms with Crippen LogP contribution >= 0.6 is 0 Å². The van der Waals surface area contributed by atoms with Crippen molar-refractivity contribution in [1.82, 2.24) is 4.98 Å². The molecule has 130 valence electrons. The van der Waals surface area contributed by atoms with E-state index in [-0.39, 0.29) is 0 Å². The molecule has 0 aliphatic carbocycles. The molecule has 3 rings (SSSR count). The molecule has 2 aromatic carbocycles. The molecular weight excluding hydrogens is 328 g/mol. The molecule has 1 unspecified atom stereocenters. The number of aliphatic hydroxyl groups is 1. The number of aromatic nitrogens is 1. The van der Waals surface area contributed by atoms with E-state index in [0.717, 1.165) is 11.1 Å². The molecule has 0 aliphatic heterocycles. The summed E-state index contributed by atoms with van der Waals surface area (Å²) in [5, 5.41) is 20.2. The fourth-order valence-electron chi connectivity index (χ4n) is 2.86. The van der Waals surface area contributed by atoms with Crippen molar-refractivity contribution in [3.8, 4) is 28.7 Å². The van der Waals surface area contributed by atoms with Crippen molar-refractivity contribution >= 4 is 0 Å². The number of hydrogen-bond acceptors (Lipinski definition) is 5. The first kappa shape index (κ1) is 17.5. The number of rotatable bonds is 5. The largest absolute Gasteiger partial charge is 0.497 e. The van der Waals surface area contributed by atoms with Crippen LogP contribution in [-0.4, -0.2) is 24.3 Å². The van der Waals surface area contributed by atoms with Crippen LogP contribution in [0.25, 0.3) is 11.1 Å². The molecule has 3 aromatic rings. The predicted molar refractivity (Wildman–Crippen MR) is 98.0 cm³/mol. The van der Waals surface area contributed by atoms with Gasteiger partial charge in [-0.15, -0.1) is 0 Å². The zero-order valence-corrected chi connectivity index (χ0v) is 14.5. The summed E-state index contributed by atoms with van der Waals surface area (Å²) in [7, 11) is 3.12. The Balaban J connectivity index is 2.12. The molecule has 5 heteroatoms. The second-order valence-electron chi connectivity index (χ2n) is 5.67. The molecule has 0 spiro atoms. The minimum atomic E-state index is -0.963. The number of aliphatic hydroxyl groups excluding tert-OH is 1. The summed E-state index contributed by atoms with van der Waals surface area (Å²) in [5.41, 5.74) is 3.39. The van der Waals surface area contributed by atoms with Crippen LogP contribution in [0.3, 0.4) is 0 Å². The topological polar surface area (TPSA) is 75.4 Å². The van der Waals surface area contributed by atoms with E-state index in [9.17, 15) is 5.11 Å². The number of methoxy groups -OCH3 is 2. The van der Waals surface area contributed by atoms with Gasteiger partial charge in [0.05, 0.1) is 25.9 Å². The van der Waals surface area contributed by atoms with E-state index in [1.807, 2.05) is 18.2 Å². The first-order chi connectivity index (χ1) is 12.7. The van der Waals surface area contributed by atoms with Gasteiger partial charge in [0, 0.05) is 23.5 Å². The number of ether oxygens (including phenoxy) is 2. The summed E-state index contributed by atoms with van der Waals surface area (Å²) in [6, 6.07) is 16.5. The molecule has 26 heavy (non-hydrogen) atoms. The fraction of sp³-hybridized carbons (Fsp3) is 0.143. The van der Waals surface area contributed by atoms with Crippen molar-refractivity contribution in [1.29, 1.82) is 5.26 Å². The second kappa shape index (κ2) is 7.68. The van der Waals surface area contributed by atoms with Crippen LogP contribution in [0, 0.1) is 11.3 Å². The molecule has 0 fully saturated rings. The van der Waals surface area contributed by atoms with Gasteiger partial charge in [-0.2, -0.15) is 5.26 Å². The van der Waals surface area contributed by atoms with E-state index in [0.29, 0.717) is 28.2 Å². The first-order valence-electron chi connectivity index (χ1n) is 8.02. The minimum absolute atomic E-state index is 0.554. The van der Waals surface area contributed by atoms with E-state index in [1.54, 1.807) is 56.9 Å². The van der Waals surface area contributed by atoms with Crippen LogP contribution in [0.4, 0.5) is 0 Å².